The Kier molecular flexibility index (Phi) is 4.02. The fraction of sp³-hybridized carbons (Fsp3) is 0.312. The highest BCUT2D eigenvalue weighted by atomic mass is 35.5. The molecule has 0 bridgehead atoms. The fourth-order valence-electron chi connectivity index (χ4n) is 2.51. The number of rotatable bonds is 5. The molecule has 0 spiro atoms. The predicted molar refractivity (Wildman–Crippen MR) is 84.7 cm³/mol. The summed E-state index contributed by atoms with van der Waals surface area (Å²) in [5.41, 5.74) is -0.130. The minimum atomic E-state index is -0.988. The lowest BCUT2D eigenvalue weighted by atomic mass is 9.88. The molecule has 1 aromatic carbocycles. The molecule has 110 valence electrons. The normalized spacial score (nSPS) is 17.2. The first-order valence-corrected chi connectivity index (χ1v) is 8.10. The van der Waals surface area contributed by atoms with Crippen molar-refractivity contribution in [3.63, 3.8) is 0 Å². The van der Waals surface area contributed by atoms with Gasteiger partial charge in [-0.3, -0.25) is 4.79 Å². The molecule has 1 heterocycles. The second kappa shape index (κ2) is 5.79. The van der Waals surface area contributed by atoms with Crippen molar-refractivity contribution in [3.8, 4) is 0 Å². The number of aliphatic hydroxyl groups is 1. The van der Waals surface area contributed by atoms with Gasteiger partial charge in [-0.25, -0.2) is 0 Å². The van der Waals surface area contributed by atoms with Gasteiger partial charge in [0.05, 0.1) is 15.8 Å². The largest absolute Gasteiger partial charge is 0.383 e. The van der Waals surface area contributed by atoms with Gasteiger partial charge in [-0.2, -0.15) is 0 Å². The van der Waals surface area contributed by atoms with Crippen molar-refractivity contribution in [2.75, 3.05) is 6.54 Å². The van der Waals surface area contributed by atoms with Crippen LogP contribution in [-0.2, 0) is 5.60 Å². The molecule has 2 N–H and O–H groups in total. The van der Waals surface area contributed by atoms with Crippen LogP contribution >= 0.6 is 22.9 Å². The Bertz CT molecular complexity index is 639. The van der Waals surface area contributed by atoms with Crippen LogP contribution in [0, 0.1) is 5.92 Å². The van der Waals surface area contributed by atoms with Gasteiger partial charge >= 0.3 is 0 Å². The van der Waals surface area contributed by atoms with Gasteiger partial charge in [0.15, 0.2) is 0 Å². The van der Waals surface area contributed by atoms with Crippen molar-refractivity contribution < 1.29 is 9.90 Å². The maximum absolute atomic E-state index is 12.1. The molecule has 0 saturated heterocycles. The van der Waals surface area contributed by atoms with Gasteiger partial charge < -0.3 is 10.4 Å². The van der Waals surface area contributed by atoms with Crippen molar-refractivity contribution in [1.82, 2.24) is 5.32 Å². The van der Waals surface area contributed by atoms with Crippen molar-refractivity contribution in [2.24, 2.45) is 5.92 Å². The summed E-state index contributed by atoms with van der Waals surface area (Å²) in [6.45, 7) is 0.218. The minimum Gasteiger partial charge on any atom is -0.383 e. The van der Waals surface area contributed by atoms with E-state index in [2.05, 4.69) is 5.32 Å². The van der Waals surface area contributed by atoms with E-state index in [1.54, 1.807) is 12.1 Å². The Labute approximate surface area is 132 Å². The second-order valence-corrected chi connectivity index (χ2v) is 7.07. The molecule has 1 atom stereocenters. The predicted octanol–water partition coefficient (Wildman–Crippen LogP) is 3.43. The third-order valence-corrected chi connectivity index (χ3v) is 5.07. The van der Waals surface area contributed by atoms with E-state index in [1.807, 2.05) is 30.3 Å². The molecule has 21 heavy (non-hydrogen) atoms. The molecule has 2 aromatic rings. The van der Waals surface area contributed by atoms with E-state index in [-0.39, 0.29) is 18.4 Å². The quantitative estimate of drug-likeness (QED) is 0.886. The van der Waals surface area contributed by atoms with Crippen LogP contribution < -0.4 is 5.32 Å². The molecule has 1 saturated carbocycles. The molecule has 0 radical (unpaired) electrons. The van der Waals surface area contributed by atoms with E-state index in [0.29, 0.717) is 9.21 Å². The summed E-state index contributed by atoms with van der Waals surface area (Å²) in [5.74, 6) is 0.0222. The van der Waals surface area contributed by atoms with Gasteiger partial charge in [0.2, 0.25) is 0 Å². The summed E-state index contributed by atoms with van der Waals surface area (Å²) in [5, 5.41) is 13.8. The summed E-state index contributed by atoms with van der Waals surface area (Å²) in [6, 6.07) is 12.9. The molecule has 5 heteroatoms. The molecule has 1 aliphatic carbocycles. The number of benzene rings is 1. The summed E-state index contributed by atoms with van der Waals surface area (Å²) < 4.78 is 0.584. The van der Waals surface area contributed by atoms with Crippen LogP contribution in [-0.4, -0.2) is 17.6 Å². The summed E-state index contributed by atoms with van der Waals surface area (Å²) >= 11 is 7.08. The zero-order chi connectivity index (χ0) is 14.9. The molecular formula is C16H16ClNO2S. The molecule has 1 amide bonds. The van der Waals surface area contributed by atoms with Gasteiger partial charge in [-0.15, -0.1) is 11.3 Å². The SMILES string of the molecule is O=C(NC[C@@](O)(c1ccccc1)C1CC1)c1ccc(Cl)s1. The average Bonchev–Trinajstić information content (AvgIpc) is 3.28. The highest BCUT2D eigenvalue weighted by molar-refractivity contribution is 7.17. The van der Waals surface area contributed by atoms with Crippen LogP contribution in [0.1, 0.15) is 28.1 Å². The Hall–Kier alpha value is -1.36. The number of hydrogen-bond donors (Lipinski definition) is 2. The zero-order valence-corrected chi connectivity index (χ0v) is 13.0. The van der Waals surface area contributed by atoms with Gasteiger partial charge in [0, 0.05) is 0 Å². The molecule has 1 aliphatic rings. The van der Waals surface area contributed by atoms with Crippen molar-refractivity contribution >= 4 is 28.8 Å². The summed E-state index contributed by atoms with van der Waals surface area (Å²) in [6.07, 6.45) is 1.98. The molecule has 1 aromatic heterocycles. The number of carbonyl (C=O) groups excluding carboxylic acids is 1. The monoisotopic (exact) mass is 321 g/mol. The Morgan fingerprint density at radius 1 is 1.29 bits per heavy atom. The third-order valence-electron chi connectivity index (χ3n) is 3.84. The van der Waals surface area contributed by atoms with E-state index >= 15 is 0 Å². The number of carbonyl (C=O) groups is 1. The van der Waals surface area contributed by atoms with E-state index in [4.69, 9.17) is 11.6 Å². The van der Waals surface area contributed by atoms with Crippen LogP contribution in [0.2, 0.25) is 4.34 Å². The number of amides is 1. The number of thiophene rings is 1. The summed E-state index contributed by atoms with van der Waals surface area (Å²) in [7, 11) is 0. The van der Waals surface area contributed by atoms with Crippen molar-refractivity contribution in [3.05, 3.63) is 57.2 Å². The van der Waals surface area contributed by atoms with Gasteiger partial charge in [-0.05, 0) is 36.5 Å². The number of halogens is 1. The molecule has 0 aliphatic heterocycles. The first-order chi connectivity index (χ1) is 10.1. The molecule has 1 fully saturated rings. The Balaban J connectivity index is 1.73. The lowest BCUT2D eigenvalue weighted by molar-refractivity contribution is 0.0135. The fourth-order valence-corrected chi connectivity index (χ4v) is 3.47. The van der Waals surface area contributed by atoms with Crippen LogP contribution in [0.15, 0.2) is 42.5 Å². The molecule has 0 unspecified atom stereocenters. The maximum Gasteiger partial charge on any atom is 0.261 e. The molecule has 3 nitrogen and oxygen atoms in total. The first kappa shape index (κ1) is 14.6. The topological polar surface area (TPSA) is 49.3 Å². The first-order valence-electron chi connectivity index (χ1n) is 6.91. The van der Waals surface area contributed by atoms with Gasteiger partial charge in [0.1, 0.15) is 5.60 Å². The standard InChI is InChI=1S/C16H16ClNO2S/c17-14-9-8-13(21-14)15(19)18-10-16(20,12-6-7-12)11-4-2-1-3-5-11/h1-5,8-9,12,20H,6-7,10H2,(H,18,19)/t16-/m1/s1. The van der Waals surface area contributed by atoms with Crippen LogP contribution in [0.3, 0.4) is 0 Å². The van der Waals surface area contributed by atoms with Crippen LogP contribution in [0.5, 0.6) is 0 Å². The van der Waals surface area contributed by atoms with Crippen LogP contribution in [0.25, 0.3) is 0 Å². The maximum atomic E-state index is 12.1. The Morgan fingerprint density at radius 2 is 2.00 bits per heavy atom. The molecular weight excluding hydrogens is 306 g/mol. The number of nitrogens with one attached hydrogen (secondary N) is 1. The summed E-state index contributed by atoms with van der Waals surface area (Å²) in [4.78, 5) is 12.7. The zero-order valence-electron chi connectivity index (χ0n) is 11.4. The lowest BCUT2D eigenvalue weighted by Crippen LogP contribution is -2.42. The highest BCUT2D eigenvalue weighted by Gasteiger charge is 2.45. The number of hydrogen-bond acceptors (Lipinski definition) is 3. The van der Waals surface area contributed by atoms with Gasteiger partial charge in [-0.1, -0.05) is 41.9 Å². The smallest absolute Gasteiger partial charge is 0.261 e. The highest BCUT2D eigenvalue weighted by Crippen LogP contribution is 2.45. The third kappa shape index (κ3) is 3.12. The minimum absolute atomic E-state index is 0.193. The van der Waals surface area contributed by atoms with E-state index in [1.165, 1.54) is 11.3 Å². The Morgan fingerprint density at radius 3 is 2.57 bits per heavy atom. The van der Waals surface area contributed by atoms with E-state index < -0.39 is 5.60 Å². The van der Waals surface area contributed by atoms with Gasteiger partial charge in [0.25, 0.3) is 5.91 Å². The van der Waals surface area contributed by atoms with E-state index in [9.17, 15) is 9.90 Å². The van der Waals surface area contributed by atoms with Crippen molar-refractivity contribution in [1.29, 1.82) is 0 Å². The molecule has 3 rings (SSSR count). The lowest BCUT2D eigenvalue weighted by Gasteiger charge is -2.29. The van der Waals surface area contributed by atoms with Crippen molar-refractivity contribution in [2.45, 2.75) is 18.4 Å². The second-order valence-electron chi connectivity index (χ2n) is 5.35. The van der Waals surface area contributed by atoms with Crippen LogP contribution in [0.4, 0.5) is 0 Å². The average molecular weight is 322 g/mol. The van der Waals surface area contributed by atoms with E-state index in [0.717, 1.165) is 18.4 Å².